The lowest BCUT2D eigenvalue weighted by atomic mass is 10.0. The molecule has 0 aliphatic carbocycles. The van der Waals surface area contributed by atoms with Crippen LogP contribution in [0.2, 0.25) is 0 Å². The van der Waals surface area contributed by atoms with Gasteiger partial charge in [-0.1, -0.05) is 24.3 Å². The topological polar surface area (TPSA) is 112 Å². The van der Waals surface area contributed by atoms with Gasteiger partial charge in [-0.2, -0.15) is 0 Å². The highest BCUT2D eigenvalue weighted by molar-refractivity contribution is 6.08. The third kappa shape index (κ3) is 4.46. The van der Waals surface area contributed by atoms with E-state index in [0.29, 0.717) is 28.2 Å². The van der Waals surface area contributed by atoms with Gasteiger partial charge in [-0.15, -0.1) is 0 Å². The number of rotatable bonds is 6. The molecule has 3 N–H and O–H groups in total. The fraction of sp³-hybridized carbons (Fsp3) is 0.160. The summed E-state index contributed by atoms with van der Waals surface area (Å²) in [5, 5.41) is 22.7. The van der Waals surface area contributed by atoms with Crippen molar-refractivity contribution in [2.24, 2.45) is 0 Å². The first kappa shape index (κ1) is 21.1. The summed E-state index contributed by atoms with van der Waals surface area (Å²) in [4.78, 5) is 25.6. The number of aromatic hydroxyl groups is 1. The molecule has 0 radical (unpaired) electrons. The molecule has 0 bridgehead atoms. The maximum absolute atomic E-state index is 12.4. The molecule has 0 aliphatic heterocycles. The molecule has 1 atom stereocenters. The number of benzene rings is 2. The molecular formula is C25H23N5O2. The lowest BCUT2D eigenvalue weighted by Crippen LogP contribution is -2.34. The van der Waals surface area contributed by atoms with Crippen LogP contribution in [-0.4, -0.2) is 37.7 Å². The van der Waals surface area contributed by atoms with Crippen molar-refractivity contribution in [1.29, 1.82) is 5.41 Å². The first-order chi connectivity index (χ1) is 15.4. The van der Waals surface area contributed by atoms with E-state index in [9.17, 15) is 9.90 Å². The largest absolute Gasteiger partial charge is 0.507 e. The fourth-order valence-electron chi connectivity index (χ4n) is 3.52. The fourth-order valence-corrected chi connectivity index (χ4v) is 3.52. The van der Waals surface area contributed by atoms with Gasteiger partial charge < -0.3 is 15.8 Å². The number of hydrogen-bond donors (Lipinski definition) is 3. The summed E-state index contributed by atoms with van der Waals surface area (Å²) in [7, 11) is 0. The van der Waals surface area contributed by atoms with Gasteiger partial charge in [0.05, 0.1) is 22.5 Å². The zero-order chi connectivity index (χ0) is 22.7. The van der Waals surface area contributed by atoms with Crippen LogP contribution in [0.3, 0.4) is 0 Å². The van der Waals surface area contributed by atoms with E-state index in [1.54, 1.807) is 48.8 Å². The number of aromatic nitrogens is 3. The van der Waals surface area contributed by atoms with Crippen molar-refractivity contribution in [2.45, 2.75) is 26.3 Å². The standard InChI is InChI=1S/C25H23N5O2/c1-15-7-8-18-21(13-15)29-24(19-5-3-4-6-22(19)31)30-23(18)20(26)14-16(2)28-25(32)17-9-11-27-12-10-17/h3-13,16,26,31H,14H2,1-2H3,(H,28,32)/t16-/m1/s1. The molecule has 0 fully saturated rings. The number of amides is 1. The van der Waals surface area contributed by atoms with E-state index in [-0.39, 0.29) is 29.8 Å². The molecule has 2 aromatic carbocycles. The van der Waals surface area contributed by atoms with E-state index in [1.807, 2.05) is 32.0 Å². The van der Waals surface area contributed by atoms with Crippen molar-refractivity contribution in [3.05, 3.63) is 83.8 Å². The molecule has 0 unspecified atom stereocenters. The number of para-hydroxylation sites is 1. The molecule has 2 aromatic heterocycles. The number of nitrogens with one attached hydrogen (secondary N) is 2. The highest BCUT2D eigenvalue weighted by Crippen LogP contribution is 2.29. The lowest BCUT2D eigenvalue weighted by molar-refractivity contribution is 0.0941. The van der Waals surface area contributed by atoms with Crippen molar-refractivity contribution in [3.8, 4) is 17.1 Å². The van der Waals surface area contributed by atoms with Crippen molar-refractivity contribution < 1.29 is 9.90 Å². The highest BCUT2D eigenvalue weighted by atomic mass is 16.3. The van der Waals surface area contributed by atoms with E-state index in [1.165, 1.54) is 0 Å². The minimum Gasteiger partial charge on any atom is -0.507 e. The van der Waals surface area contributed by atoms with Gasteiger partial charge in [0.25, 0.3) is 5.91 Å². The molecule has 0 saturated carbocycles. The average Bonchev–Trinajstić information content (AvgIpc) is 2.78. The summed E-state index contributed by atoms with van der Waals surface area (Å²) in [5.74, 6) is 0.218. The van der Waals surface area contributed by atoms with Crippen LogP contribution in [0, 0.1) is 12.3 Å². The van der Waals surface area contributed by atoms with Crippen LogP contribution in [0.25, 0.3) is 22.3 Å². The Hall–Kier alpha value is -4.13. The number of carbonyl (C=O) groups excluding carboxylic acids is 1. The summed E-state index contributed by atoms with van der Waals surface area (Å²) >= 11 is 0. The van der Waals surface area contributed by atoms with Crippen molar-refractivity contribution >= 4 is 22.5 Å². The van der Waals surface area contributed by atoms with E-state index >= 15 is 0 Å². The quantitative estimate of drug-likeness (QED) is 0.399. The van der Waals surface area contributed by atoms with E-state index in [4.69, 9.17) is 5.41 Å². The minimum atomic E-state index is -0.285. The second-order valence-corrected chi connectivity index (χ2v) is 7.73. The number of carbonyl (C=O) groups is 1. The van der Waals surface area contributed by atoms with Gasteiger partial charge in [0.2, 0.25) is 0 Å². The van der Waals surface area contributed by atoms with E-state index in [2.05, 4.69) is 20.3 Å². The third-order valence-electron chi connectivity index (χ3n) is 5.11. The lowest BCUT2D eigenvalue weighted by Gasteiger charge is -2.16. The van der Waals surface area contributed by atoms with Crippen LogP contribution < -0.4 is 5.32 Å². The first-order valence-electron chi connectivity index (χ1n) is 10.3. The number of nitrogens with zero attached hydrogens (tertiary/aromatic N) is 3. The Morgan fingerprint density at radius 3 is 2.59 bits per heavy atom. The zero-order valence-electron chi connectivity index (χ0n) is 17.8. The molecule has 0 aliphatic rings. The molecule has 160 valence electrons. The predicted octanol–water partition coefficient (Wildman–Crippen LogP) is 4.28. The Labute approximate surface area is 185 Å². The maximum atomic E-state index is 12.4. The van der Waals surface area contributed by atoms with Crippen molar-refractivity contribution in [2.75, 3.05) is 0 Å². The van der Waals surface area contributed by atoms with E-state index < -0.39 is 0 Å². The summed E-state index contributed by atoms with van der Waals surface area (Å²) in [5.41, 5.74) is 3.52. The smallest absolute Gasteiger partial charge is 0.251 e. The summed E-state index contributed by atoms with van der Waals surface area (Å²) in [6.07, 6.45) is 3.42. The zero-order valence-corrected chi connectivity index (χ0v) is 17.8. The number of phenols is 1. The normalized spacial score (nSPS) is 11.8. The molecule has 0 spiro atoms. The third-order valence-corrected chi connectivity index (χ3v) is 5.11. The molecular weight excluding hydrogens is 402 g/mol. The highest BCUT2D eigenvalue weighted by Gasteiger charge is 2.18. The van der Waals surface area contributed by atoms with Gasteiger partial charge in [-0.3, -0.25) is 9.78 Å². The summed E-state index contributed by atoms with van der Waals surface area (Å²) < 4.78 is 0. The van der Waals surface area contributed by atoms with Crippen molar-refractivity contribution in [1.82, 2.24) is 20.3 Å². The Morgan fingerprint density at radius 1 is 1.09 bits per heavy atom. The number of pyridine rings is 1. The molecule has 4 rings (SSSR count). The number of aryl methyl sites for hydroxylation is 1. The van der Waals surface area contributed by atoms with E-state index in [0.717, 1.165) is 10.9 Å². The van der Waals surface area contributed by atoms with Gasteiger partial charge >= 0.3 is 0 Å². The predicted molar refractivity (Wildman–Crippen MR) is 124 cm³/mol. The maximum Gasteiger partial charge on any atom is 0.251 e. The van der Waals surface area contributed by atoms with Crippen molar-refractivity contribution in [3.63, 3.8) is 0 Å². The number of fused-ring (bicyclic) bond motifs is 1. The molecule has 7 heteroatoms. The molecule has 32 heavy (non-hydrogen) atoms. The van der Waals surface area contributed by atoms with Crippen LogP contribution in [0.15, 0.2) is 67.0 Å². The SMILES string of the molecule is Cc1ccc2c(C(=N)C[C@@H](C)NC(=O)c3ccncc3)nc(-c3ccccc3O)nc2c1. The molecule has 7 nitrogen and oxygen atoms in total. The van der Waals surface area contributed by atoms with Gasteiger partial charge in [-0.05, 0) is 49.7 Å². The Kier molecular flexibility index (Phi) is 5.89. The Balaban J connectivity index is 1.65. The van der Waals surface area contributed by atoms with Gasteiger partial charge in [0.1, 0.15) is 5.75 Å². The van der Waals surface area contributed by atoms with Gasteiger partial charge in [0.15, 0.2) is 5.82 Å². The van der Waals surface area contributed by atoms with Gasteiger partial charge in [-0.25, -0.2) is 9.97 Å². The first-order valence-corrected chi connectivity index (χ1v) is 10.3. The summed E-state index contributed by atoms with van der Waals surface area (Å²) in [6.45, 7) is 3.83. The number of phenolic OH excluding ortho intramolecular Hbond substituents is 1. The number of hydrogen-bond acceptors (Lipinski definition) is 6. The van der Waals surface area contributed by atoms with Crippen LogP contribution in [0.4, 0.5) is 0 Å². The Bertz CT molecular complexity index is 1300. The molecule has 2 heterocycles. The van der Waals surface area contributed by atoms with Gasteiger partial charge in [0, 0.05) is 35.8 Å². The average molecular weight is 425 g/mol. The minimum absolute atomic E-state index is 0.0787. The molecule has 4 aromatic rings. The second kappa shape index (κ2) is 8.93. The second-order valence-electron chi connectivity index (χ2n) is 7.73. The summed E-state index contributed by atoms with van der Waals surface area (Å²) in [6, 6.07) is 15.7. The van der Waals surface area contributed by atoms with Crippen LogP contribution in [0.1, 0.15) is 35.0 Å². The molecule has 0 saturated heterocycles. The Morgan fingerprint density at radius 2 is 1.84 bits per heavy atom. The monoisotopic (exact) mass is 425 g/mol. The van der Waals surface area contributed by atoms with Crippen LogP contribution in [-0.2, 0) is 0 Å². The molecule has 1 amide bonds. The van der Waals surface area contributed by atoms with Crippen LogP contribution in [0.5, 0.6) is 5.75 Å². The van der Waals surface area contributed by atoms with Crippen LogP contribution >= 0.6 is 0 Å².